The molecule has 2 aromatic rings. The van der Waals surface area contributed by atoms with Gasteiger partial charge in [0.1, 0.15) is 5.60 Å². The molecule has 0 unspecified atom stereocenters. The van der Waals surface area contributed by atoms with Crippen molar-refractivity contribution in [3.63, 3.8) is 0 Å². The van der Waals surface area contributed by atoms with E-state index in [0.717, 1.165) is 28.7 Å². The SMILES string of the molecule is CN(CCc1ccccc1)C(=O)C1=C(c2ccc(CCCO)cc2)C[C@@H]2CN(C(=O)OC(C)(C)C)C[C@H]1N2C(=O)OC(C)(C)C(Cl)(Cl)Cl. The molecule has 0 radical (unpaired) electrons. The van der Waals surface area contributed by atoms with Crippen molar-refractivity contribution in [1.29, 1.82) is 0 Å². The highest BCUT2D eigenvalue weighted by molar-refractivity contribution is 6.68. The van der Waals surface area contributed by atoms with E-state index in [9.17, 15) is 19.5 Å². The molecule has 262 valence electrons. The molecule has 12 heteroatoms. The minimum atomic E-state index is -1.93. The minimum absolute atomic E-state index is 0.000389. The van der Waals surface area contributed by atoms with Gasteiger partial charge in [0.15, 0.2) is 5.60 Å². The topological polar surface area (TPSA) is 99.6 Å². The Morgan fingerprint density at radius 2 is 1.50 bits per heavy atom. The van der Waals surface area contributed by atoms with Crippen LogP contribution in [0.25, 0.3) is 5.57 Å². The van der Waals surface area contributed by atoms with Gasteiger partial charge < -0.3 is 24.4 Å². The lowest BCUT2D eigenvalue weighted by molar-refractivity contribution is -0.127. The first-order valence-electron chi connectivity index (χ1n) is 16.2. The number of nitrogens with zero attached hydrogens (tertiary/aromatic N) is 3. The summed E-state index contributed by atoms with van der Waals surface area (Å²) in [6, 6.07) is 16.4. The van der Waals surface area contributed by atoms with Gasteiger partial charge in [0.25, 0.3) is 5.91 Å². The third-order valence-corrected chi connectivity index (χ3v) is 9.99. The molecule has 2 aromatic carbocycles. The summed E-state index contributed by atoms with van der Waals surface area (Å²) in [7, 11) is 1.74. The molecule has 4 rings (SSSR count). The van der Waals surface area contributed by atoms with Crippen LogP contribution in [-0.2, 0) is 27.1 Å². The molecule has 9 nitrogen and oxygen atoms in total. The third kappa shape index (κ3) is 9.17. The fraction of sp³-hybridized carbons (Fsp3) is 0.528. The summed E-state index contributed by atoms with van der Waals surface area (Å²) in [5, 5.41) is 9.30. The van der Waals surface area contributed by atoms with Crippen LogP contribution in [-0.4, -0.2) is 98.3 Å². The Morgan fingerprint density at radius 1 is 0.875 bits per heavy atom. The zero-order valence-electron chi connectivity index (χ0n) is 28.5. The van der Waals surface area contributed by atoms with Crippen molar-refractivity contribution in [3.8, 4) is 0 Å². The summed E-state index contributed by atoms with van der Waals surface area (Å²) in [6.07, 6.45) is 0.978. The van der Waals surface area contributed by atoms with Crippen molar-refractivity contribution >= 4 is 58.5 Å². The lowest BCUT2D eigenvalue weighted by atomic mass is 9.81. The fourth-order valence-corrected chi connectivity index (χ4v) is 6.05. The number of halogens is 3. The van der Waals surface area contributed by atoms with Gasteiger partial charge in [-0.3, -0.25) is 9.69 Å². The number of ether oxygens (including phenoxy) is 2. The van der Waals surface area contributed by atoms with Crippen LogP contribution in [0.15, 0.2) is 60.2 Å². The Labute approximate surface area is 298 Å². The van der Waals surface area contributed by atoms with Crippen LogP contribution in [0, 0.1) is 0 Å². The summed E-state index contributed by atoms with van der Waals surface area (Å²) < 4.78 is 9.63. The third-order valence-electron chi connectivity index (χ3n) is 8.62. The second-order valence-electron chi connectivity index (χ2n) is 13.9. The molecule has 3 amide bonds. The predicted octanol–water partition coefficient (Wildman–Crippen LogP) is 7.05. The van der Waals surface area contributed by atoms with Gasteiger partial charge in [-0.1, -0.05) is 89.4 Å². The van der Waals surface area contributed by atoms with Crippen molar-refractivity contribution in [3.05, 3.63) is 76.9 Å². The molecular formula is C36H46Cl3N3O6. The standard InChI is InChI=1S/C36H46Cl3N3O6/c1-34(2,3)47-32(45)41-22-27-21-28(26-16-14-25(15-17-26)13-10-20-43)30(31(44)40(6)19-18-24-11-8-7-9-12-24)29(23-41)42(27)33(46)48-35(4,5)36(37,38)39/h7-9,11-12,14-17,27,29,43H,10,13,18-23H2,1-6H3/t27-,29-/m1/s1. The second kappa shape index (κ2) is 15.3. The van der Waals surface area contributed by atoms with Gasteiger partial charge in [0.05, 0.1) is 12.1 Å². The minimum Gasteiger partial charge on any atom is -0.444 e. The first-order valence-corrected chi connectivity index (χ1v) is 17.3. The average molecular weight is 723 g/mol. The van der Waals surface area contributed by atoms with E-state index in [1.165, 1.54) is 18.7 Å². The van der Waals surface area contributed by atoms with E-state index >= 15 is 0 Å². The summed E-state index contributed by atoms with van der Waals surface area (Å²) in [5.74, 6) is -0.266. The average Bonchev–Trinajstić information content (AvgIpc) is 3.00. The Balaban J connectivity index is 1.80. The molecule has 1 fully saturated rings. The Bertz CT molecular complexity index is 1490. The van der Waals surface area contributed by atoms with Crippen molar-refractivity contribution < 1.29 is 29.0 Å². The van der Waals surface area contributed by atoms with Gasteiger partial charge in [-0.2, -0.15) is 0 Å². The maximum atomic E-state index is 14.6. The highest BCUT2D eigenvalue weighted by Crippen LogP contribution is 2.43. The summed E-state index contributed by atoms with van der Waals surface area (Å²) in [6.45, 7) is 9.06. The monoisotopic (exact) mass is 721 g/mol. The number of fused-ring (bicyclic) bond motifs is 2. The Morgan fingerprint density at radius 3 is 2.08 bits per heavy atom. The Hall–Kier alpha value is -2.98. The van der Waals surface area contributed by atoms with Crippen LogP contribution in [0.2, 0.25) is 0 Å². The number of aryl methyl sites for hydroxylation is 1. The van der Waals surface area contributed by atoms with E-state index in [4.69, 9.17) is 44.3 Å². The van der Waals surface area contributed by atoms with Gasteiger partial charge in [-0.05, 0) is 82.6 Å². The molecule has 0 spiro atoms. The zero-order chi connectivity index (χ0) is 35.4. The van der Waals surface area contributed by atoms with Crippen LogP contribution in [0.3, 0.4) is 0 Å². The van der Waals surface area contributed by atoms with Gasteiger partial charge >= 0.3 is 12.2 Å². The van der Waals surface area contributed by atoms with Crippen molar-refractivity contribution in [2.75, 3.05) is 33.3 Å². The molecule has 2 aliphatic rings. The molecule has 2 heterocycles. The number of aliphatic hydroxyl groups excluding tert-OH is 1. The predicted molar refractivity (Wildman–Crippen MR) is 189 cm³/mol. The Kier molecular flexibility index (Phi) is 12.0. The maximum Gasteiger partial charge on any atom is 0.411 e. The van der Waals surface area contributed by atoms with Crippen LogP contribution >= 0.6 is 34.8 Å². The smallest absolute Gasteiger partial charge is 0.411 e. The van der Waals surface area contributed by atoms with Crippen LogP contribution in [0.5, 0.6) is 0 Å². The highest BCUT2D eigenvalue weighted by atomic mass is 35.6. The van der Waals surface area contributed by atoms with Crippen LogP contribution in [0.1, 0.15) is 64.2 Å². The molecule has 1 saturated heterocycles. The van der Waals surface area contributed by atoms with Crippen molar-refractivity contribution in [1.82, 2.24) is 14.7 Å². The van der Waals surface area contributed by atoms with Gasteiger partial charge in [0, 0.05) is 38.9 Å². The molecule has 0 aliphatic carbocycles. The van der Waals surface area contributed by atoms with Crippen molar-refractivity contribution in [2.24, 2.45) is 0 Å². The van der Waals surface area contributed by atoms with Gasteiger partial charge in [-0.15, -0.1) is 0 Å². The fourth-order valence-electron chi connectivity index (χ4n) is 5.94. The lowest BCUT2D eigenvalue weighted by Gasteiger charge is -2.51. The van der Waals surface area contributed by atoms with E-state index in [-0.39, 0.29) is 32.0 Å². The number of piperazine rings is 1. The number of aliphatic hydroxyl groups is 1. The van der Waals surface area contributed by atoms with E-state index in [1.54, 1.807) is 37.6 Å². The van der Waals surface area contributed by atoms with E-state index in [0.29, 0.717) is 25.0 Å². The largest absolute Gasteiger partial charge is 0.444 e. The van der Waals surface area contributed by atoms with E-state index in [1.807, 2.05) is 54.6 Å². The molecule has 48 heavy (non-hydrogen) atoms. The number of alkyl halides is 3. The highest BCUT2D eigenvalue weighted by Gasteiger charge is 2.52. The number of likely N-dealkylation sites (N-methyl/N-ethyl adjacent to an activating group) is 1. The van der Waals surface area contributed by atoms with Gasteiger partial charge in [0.2, 0.25) is 3.79 Å². The zero-order valence-corrected chi connectivity index (χ0v) is 30.7. The van der Waals surface area contributed by atoms with Crippen LogP contribution in [0.4, 0.5) is 9.59 Å². The number of hydrogen-bond donors (Lipinski definition) is 1. The number of rotatable bonds is 9. The quantitative estimate of drug-likeness (QED) is 0.279. The molecule has 2 aliphatic heterocycles. The first-order chi connectivity index (χ1) is 22.4. The van der Waals surface area contributed by atoms with Crippen molar-refractivity contribution in [2.45, 2.75) is 87.4 Å². The molecule has 0 aromatic heterocycles. The number of carbonyl (C=O) groups excluding carboxylic acids is 3. The number of benzene rings is 2. The first kappa shape index (κ1) is 37.8. The number of amides is 3. The number of carbonyl (C=O) groups is 3. The van der Waals surface area contributed by atoms with E-state index < -0.39 is 39.3 Å². The summed E-state index contributed by atoms with van der Waals surface area (Å²) >= 11 is 18.6. The normalized spacial score (nSPS) is 18.5. The maximum absolute atomic E-state index is 14.6. The molecular weight excluding hydrogens is 677 g/mol. The molecule has 2 atom stereocenters. The lowest BCUT2D eigenvalue weighted by Crippen LogP contribution is -2.66. The van der Waals surface area contributed by atoms with E-state index in [2.05, 4.69) is 0 Å². The second-order valence-corrected chi connectivity index (χ2v) is 16.2. The van der Waals surface area contributed by atoms with Gasteiger partial charge in [-0.25, -0.2) is 9.59 Å². The van der Waals surface area contributed by atoms with Crippen LogP contribution < -0.4 is 0 Å². The number of hydrogen-bond acceptors (Lipinski definition) is 6. The summed E-state index contributed by atoms with van der Waals surface area (Å²) in [4.78, 5) is 46.8. The molecule has 0 saturated carbocycles. The molecule has 1 N–H and O–H groups in total. The summed E-state index contributed by atoms with van der Waals surface area (Å²) in [5.41, 5.74) is 1.93. The molecule has 2 bridgehead atoms.